The number of aryl methyl sites for hydroxylation is 2. The van der Waals surface area contributed by atoms with E-state index in [9.17, 15) is 9.90 Å². The number of aliphatic hydroxyl groups is 1. The van der Waals surface area contributed by atoms with E-state index in [2.05, 4.69) is 0 Å². The van der Waals surface area contributed by atoms with Crippen molar-refractivity contribution in [3.8, 4) is 0 Å². The number of carbonyl (C=O) groups is 1. The second kappa shape index (κ2) is 5.43. The van der Waals surface area contributed by atoms with E-state index in [1.54, 1.807) is 11.9 Å². The van der Waals surface area contributed by atoms with Gasteiger partial charge in [0.05, 0.1) is 5.60 Å². The number of hydrogen-bond donors (Lipinski definition) is 1. The molecule has 0 aliphatic heterocycles. The van der Waals surface area contributed by atoms with Gasteiger partial charge in [-0.2, -0.15) is 0 Å². The summed E-state index contributed by atoms with van der Waals surface area (Å²) in [6.45, 7) is 4.25. The number of carbonyl (C=O) groups excluding carboxylic acids is 1. The molecule has 2 aromatic rings. The van der Waals surface area contributed by atoms with Crippen LogP contribution in [0.3, 0.4) is 0 Å². The normalized spacial score (nSPS) is 17.1. The molecule has 3 rings (SSSR count). The van der Waals surface area contributed by atoms with Crippen LogP contribution in [0.25, 0.3) is 11.0 Å². The minimum absolute atomic E-state index is 0.159. The summed E-state index contributed by atoms with van der Waals surface area (Å²) in [6, 6.07) is 5.92. The Labute approximate surface area is 130 Å². The number of para-hydroxylation sites is 1. The van der Waals surface area contributed by atoms with Crippen LogP contribution in [0.2, 0.25) is 0 Å². The molecule has 4 heteroatoms. The summed E-state index contributed by atoms with van der Waals surface area (Å²) in [5.74, 6) is 0.224. The summed E-state index contributed by atoms with van der Waals surface area (Å²) in [6.07, 6.45) is 3.59. The predicted molar refractivity (Wildman–Crippen MR) is 86.1 cm³/mol. The smallest absolute Gasteiger partial charge is 0.289 e. The van der Waals surface area contributed by atoms with Gasteiger partial charge in [-0.25, -0.2) is 0 Å². The molecular weight excluding hydrogens is 278 g/mol. The van der Waals surface area contributed by atoms with Crippen LogP contribution in [0.4, 0.5) is 0 Å². The molecule has 0 atom stereocenters. The van der Waals surface area contributed by atoms with E-state index >= 15 is 0 Å². The van der Waals surface area contributed by atoms with E-state index in [0.717, 1.165) is 47.8 Å². The molecule has 0 bridgehead atoms. The van der Waals surface area contributed by atoms with Gasteiger partial charge in [-0.05, 0) is 32.3 Å². The Kier molecular flexibility index (Phi) is 3.73. The van der Waals surface area contributed by atoms with Gasteiger partial charge in [0.15, 0.2) is 5.76 Å². The SMILES string of the molecule is Cc1c(C(=O)N(C)CC2(O)CCCC2)oc2c(C)cccc12. The van der Waals surface area contributed by atoms with Crippen molar-refractivity contribution in [2.24, 2.45) is 0 Å². The molecule has 1 fully saturated rings. The lowest BCUT2D eigenvalue weighted by Gasteiger charge is -2.28. The van der Waals surface area contributed by atoms with Gasteiger partial charge < -0.3 is 14.4 Å². The second-order valence-corrected chi connectivity index (χ2v) is 6.60. The van der Waals surface area contributed by atoms with Gasteiger partial charge in [0.25, 0.3) is 5.91 Å². The highest BCUT2D eigenvalue weighted by Gasteiger charge is 2.34. The van der Waals surface area contributed by atoms with Crippen LogP contribution in [-0.2, 0) is 0 Å². The van der Waals surface area contributed by atoms with Gasteiger partial charge >= 0.3 is 0 Å². The van der Waals surface area contributed by atoms with E-state index in [4.69, 9.17) is 4.42 Å². The Bertz CT molecular complexity index is 710. The maximum Gasteiger partial charge on any atom is 0.289 e. The summed E-state index contributed by atoms with van der Waals surface area (Å²) in [7, 11) is 1.73. The third-order valence-corrected chi connectivity index (χ3v) is 4.77. The fourth-order valence-corrected chi connectivity index (χ4v) is 3.47. The number of amides is 1. The third-order valence-electron chi connectivity index (χ3n) is 4.77. The van der Waals surface area contributed by atoms with Gasteiger partial charge in [0.2, 0.25) is 0 Å². The first kappa shape index (κ1) is 15.1. The van der Waals surface area contributed by atoms with Crippen LogP contribution >= 0.6 is 0 Å². The summed E-state index contributed by atoms with van der Waals surface area (Å²) < 4.78 is 5.84. The molecule has 1 aromatic carbocycles. The summed E-state index contributed by atoms with van der Waals surface area (Å²) >= 11 is 0. The van der Waals surface area contributed by atoms with Crippen molar-refractivity contribution in [3.63, 3.8) is 0 Å². The largest absolute Gasteiger partial charge is 0.450 e. The Morgan fingerprint density at radius 1 is 1.32 bits per heavy atom. The molecule has 1 saturated carbocycles. The molecule has 0 saturated heterocycles. The molecule has 1 N–H and O–H groups in total. The van der Waals surface area contributed by atoms with E-state index in [1.807, 2.05) is 32.0 Å². The molecule has 118 valence electrons. The quantitative estimate of drug-likeness (QED) is 0.945. The molecule has 0 radical (unpaired) electrons. The predicted octanol–water partition coefficient (Wildman–Crippen LogP) is 3.43. The molecule has 1 aliphatic rings. The van der Waals surface area contributed by atoms with Gasteiger partial charge in [0.1, 0.15) is 5.58 Å². The zero-order valence-electron chi connectivity index (χ0n) is 13.5. The average Bonchev–Trinajstić information content (AvgIpc) is 3.04. The van der Waals surface area contributed by atoms with Crippen molar-refractivity contribution >= 4 is 16.9 Å². The summed E-state index contributed by atoms with van der Waals surface area (Å²) in [5.41, 5.74) is 1.93. The number of hydrogen-bond acceptors (Lipinski definition) is 3. The van der Waals surface area contributed by atoms with Crippen LogP contribution in [0, 0.1) is 13.8 Å². The van der Waals surface area contributed by atoms with E-state index in [0.29, 0.717) is 12.3 Å². The number of rotatable bonds is 3. The monoisotopic (exact) mass is 301 g/mol. The van der Waals surface area contributed by atoms with Crippen molar-refractivity contribution in [3.05, 3.63) is 35.1 Å². The van der Waals surface area contributed by atoms with Gasteiger partial charge in [-0.3, -0.25) is 4.79 Å². The Morgan fingerprint density at radius 2 is 2.00 bits per heavy atom. The van der Waals surface area contributed by atoms with E-state index in [1.165, 1.54) is 0 Å². The fraction of sp³-hybridized carbons (Fsp3) is 0.500. The van der Waals surface area contributed by atoms with Crippen LogP contribution in [-0.4, -0.2) is 35.1 Å². The van der Waals surface area contributed by atoms with Crippen LogP contribution in [0.5, 0.6) is 0 Å². The van der Waals surface area contributed by atoms with Crippen LogP contribution in [0.1, 0.15) is 47.4 Å². The third kappa shape index (κ3) is 2.52. The molecule has 1 heterocycles. The topological polar surface area (TPSA) is 53.7 Å². The first-order valence-corrected chi connectivity index (χ1v) is 7.88. The number of likely N-dealkylation sites (N-methyl/N-ethyl adjacent to an activating group) is 1. The van der Waals surface area contributed by atoms with Crippen molar-refractivity contribution < 1.29 is 14.3 Å². The van der Waals surface area contributed by atoms with Gasteiger partial charge in [-0.1, -0.05) is 31.0 Å². The van der Waals surface area contributed by atoms with Gasteiger partial charge in [-0.15, -0.1) is 0 Å². The molecule has 0 spiro atoms. The van der Waals surface area contributed by atoms with Gasteiger partial charge in [0, 0.05) is 24.5 Å². The highest BCUT2D eigenvalue weighted by molar-refractivity contribution is 5.99. The minimum Gasteiger partial charge on any atom is -0.450 e. The highest BCUT2D eigenvalue weighted by atomic mass is 16.3. The lowest BCUT2D eigenvalue weighted by atomic mass is 10.0. The molecule has 1 amide bonds. The van der Waals surface area contributed by atoms with Crippen LogP contribution in [0.15, 0.2) is 22.6 Å². The van der Waals surface area contributed by atoms with Crippen molar-refractivity contribution in [1.29, 1.82) is 0 Å². The molecule has 0 unspecified atom stereocenters. The average molecular weight is 301 g/mol. The number of benzene rings is 1. The van der Waals surface area contributed by atoms with E-state index in [-0.39, 0.29) is 5.91 Å². The number of furan rings is 1. The summed E-state index contributed by atoms with van der Waals surface area (Å²) in [5, 5.41) is 11.5. The van der Waals surface area contributed by atoms with Crippen LogP contribution < -0.4 is 0 Å². The summed E-state index contributed by atoms with van der Waals surface area (Å²) in [4.78, 5) is 14.3. The molecular formula is C18H23NO3. The minimum atomic E-state index is -0.736. The van der Waals surface area contributed by atoms with Crippen molar-refractivity contribution in [1.82, 2.24) is 4.90 Å². The lowest BCUT2D eigenvalue weighted by Crippen LogP contribution is -2.42. The van der Waals surface area contributed by atoms with E-state index < -0.39 is 5.60 Å². The molecule has 22 heavy (non-hydrogen) atoms. The maximum absolute atomic E-state index is 12.7. The first-order chi connectivity index (χ1) is 10.4. The maximum atomic E-state index is 12.7. The first-order valence-electron chi connectivity index (χ1n) is 7.88. The Balaban J connectivity index is 1.88. The molecule has 4 nitrogen and oxygen atoms in total. The highest BCUT2D eigenvalue weighted by Crippen LogP contribution is 2.32. The number of fused-ring (bicyclic) bond motifs is 1. The lowest BCUT2D eigenvalue weighted by molar-refractivity contribution is 0.0147. The standard InChI is InChI=1S/C18H23NO3/c1-12-7-6-8-14-13(2)16(22-15(12)14)17(20)19(3)11-18(21)9-4-5-10-18/h6-8,21H,4-5,9-11H2,1-3H3. The Hall–Kier alpha value is -1.81. The molecule has 1 aliphatic carbocycles. The molecule has 1 aromatic heterocycles. The van der Waals surface area contributed by atoms with Crippen molar-refractivity contribution in [2.75, 3.05) is 13.6 Å². The zero-order valence-corrected chi connectivity index (χ0v) is 13.5. The Morgan fingerprint density at radius 3 is 2.64 bits per heavy atom. The van der Waals surface area contributed by atoms with Crippen molar-refractivity contribution in [2.45, 2.75) is 45.1 Å². The second-order valence-electron chi connectivity index (χ2n) is 6.60. The zero-order chi connectivity index (χ0) is 15.9. The fourth-order valence-electron chi connectivity index (χ4n) is 3.47. The number of nitrogens with zero attached hydrogens (tertiary/aromatic N) is 1.